The Balaban J connectivity index is 2.27. The first-order valence-electron chi connectivity index (χ1n) is 13.6. The normalized spacial score (nSPS) is 15.0. The number of aliphatic hydroxyl groups excluding tert-OH is 1. The van der Waals surface area contributed by atoms with Crippen molar-refractivity contribution in [2.45, 2.75) is 82.1 Å². The molecule has 2 aromatic rings. The summed E-state index contributed by atoms with van der Waals surface area (Å²) in [5.74, 6) is -3.22. The van der Waals surface area contributed by atoms with Crippen molar-refractivity contribution in [1.82, 2.24) is 20.9 Å². The molecule has 0 aliphatic rings. The minimum absolute atomic E-state index is 0.0715. The van der Waals surface area contributed by atoms with Crippen molar-refractivity contribution in [2.24, 2.45) is 17.2 Å². The summed E-state index contributed by atoms with van der Waals surface area (Å²) in [7, 11) is 0. The molecule has 1 aromatic carbocycles. The molecule has 13 heteroatoms. The second-order valence-corrected chi connectivity index (χ2v) is 9.92. The third-order valence-corrected chi connectivity index (χ3v) is 6.70. The van der Waals surface area contributed by atoms with Crippen LogP contribution in [0.2, 0.25) is 0 Å². The second-order valence-electron chi connectivity index (χ2n) is 9.92. The molecule has 0 spiro atoms. The van der Waals surface area contributed by atoms with Crippen LogP contribution < -0.4 is 33.2 Å². The summed E-state index contributed by atoms with van der Waals surface area (Å²) in [5, 5.41) is 28.0. The summed E-state index contributed by atoms with van der Waals surface area (Å²) in [4.78, 5) is 54.3. The Morgan fingerprint density at radius 3 is 2.00 bits per heavy atom. The van der Waals surface area contributed by atoms with E-state index in [2.05, 4.69) is 20.9 Å². The number of hydrogen-bond donors (Lipinski definition) is 9. The average Bonchev–Trinajstić information content (AvgIpc) is 3.33. The monoisotopic (exact) mass is 561 g/mol. The molecule has 1 heterocycles. The van der Waals surface area contributed by atoms with Gasteiger partial charge in [-0.05, 0) is 70.2 Å². The Kier molecular flexibility index (Phi) is 13.5. The number of carboxylic acid groups (broad SMARTS) is 1. The van der Waals surface area contributed by atoms with Crippen LogP contribution in [0.3, 0.4) is 0 Å². The molecular formula is C27H43N7O6. The van der Waals surface area contributed by atoms with E-state index in [1.807, 2.05) is 24.3 Å². The first kappa shape index (κ1) is 32.7. The fraction of sp³-hybridized carbons (Fsp3) is 0.556. The van der Waals surface area contributed by atoms with Crippen molar-refractivity contribution in [3.8, 4) is 0 Å². The molecule has 0 bridgehead atoms. The van der Waals surface area contributed by atoms with Gasteiger partial charge in [0, 0.05) is 23.5 Å². The number of para-hydroxylation sites is 1. The SMILES string of the molecule is CC(O)C(N)C(=O)NC(Cc1c[nH]c2ccccc12)C(=O)NC(CCCCN)C(=O)NC(CCCCN)C(=O)O. The number of aliphatic carboxylic acids is 1. The highest BCUT2D eigenvalue weighted by atomic mass is 16.4. The van der Waals surface area contributed by atoms with Gasteiger partial charge in [0.15, 0.2) is 0 Å². The van der Waals surface area contributed by atoms with Crippen molar-refractivity contribution in [1.29, 1.82) is 0 Å². The van der Waals surface area contributed by atoms with Crippen LogP contribution >= 0.6 is 0 Å². The van der Waals surface area contributed by atoms with Gasteiger partial charge in [0.2, 0.25) is 17.7 Å². The molecule has 0 saturated heterocycles. The zero-order chi connectivity index (χ0) is 29.7. The number of aliphatic hydroxyl groups is 1. The van der Waals surface area contributed by atoms with Crippen molar-refractivity contribution in [2.75, 3.05) is 13.1 Å². The van der Waals surface area contributed by atoms with Crippen LogP contribution in [-0.2, 0) is 25.6 Å². The lowest BCUT2D eigenvalue weighted by molar-refractivity contribution is -0.142. The van der Waals surface area contributed by atoms with Gasteiger partial charge >= 0.3 is 5.97 Å². The number of nitrogens with two attached hydrogens (primary N) is 3. The maximum Gasteiger partial charge on any atom is 0.326 e. The Morgan fingerprint density at radius 2 is 1.40 bits per heavy atom. The van der Waals surface area contributed by atoms with Crippen molar-refractivity contribution < 1.29 is 29.4 Å². The largest absolute Gasteiger partial charge is 0.480 e. The molecule has 5 unspecified atom stereocenters. The molecular weight excluding hydrogens is 518 g/mol. The molecule has 40 heavy (non-hydrogen) atoms. The van der Waals surface area contributed by atoms with Crippen LogP contribution in [0.15, 0.2) is 30.5 Å². The van der Waals surface area contributed by atoms with Crippen molar-refractivity contribution in [3.63, 3.8) is 0 Å². The highest BCUT2D eigenvalue weighted by molar-refractivity contribution is 5.95. The van der Waals surface area contributed by atoms with E-state index < -0.39 is 54.0 Å². The van der Waals surface area contributed by atoms with Gasteiger partial charge < -0.3 is 48.3 Å². The van der Waals surface area contributed by atoms with Crippen molar-refractivity contribution >= 4 is 34.6 Å². The van der Waals surface area contributed by atoms with Crippen LogP contribution in [0.4, 0.5) is 0 Å². The molecule has 3 amide bonds. The number of carboxylic acids is 1. The van der Waals surface area contributed by atoms with Gasteiger partial charge in [0.05, 0.1) is 6.10 Å². The molecule has 0 fully saturated rings. The molecule has 12 N–H and O–H groups in total. The maximum atomic E-state index is 13.5. The number of aromatic amines is 1. The second kappa shape index (κ2) is 16.6. The number of H-pyrrole nitrogens is 1. The van der Waals surface area contributed by atoms with Crippen LogP contribution in [0, 0.1) is 0 Å². The standard InChI is InChI=1S/C27H43N7O6/c1-16(35)23(30)26(38)34-22(14-17-15-31-19-9-3-2-8-18(17)19)25(37)32-20(10-4-6-12-28)24(36)33-21(27(39)40)11-5-7-13-29/h2-3,8-9,15-16,20-23,31,35H,4-7,10-14,28-30H2,1H3,(H,32,37)(H,33,36)(H,34,38)(H,39,40). The van der Waals surface area contributed by atoms with Gasteiger partial charge in [-0.2, -0.15) is 0 Å². The van der Waals surface area contributed by atoms with E-state index in [0.717, 1.165) is 16.5 Å². The predicted octanol–water partition coefficient (Wildman–Crippen LogP) is -0.784. The third kappa shape index (κ3) is 9.90. The third-order valence-electron chi connectivity index (χ3n) is 6.70. The molecule has 0 radical (unpaired) electrons. The summed E-state index contributed by atoms with van der Waals surface area (Å²) in [5.41, 5.74) is 18.5. The first-order valence-corrected chi connectivity index (χ1v) is 13.6. The number of fused-ring (bicyclic) bond motifs is 1. The average molecular weight is 562 g/mol. The zero-order valence-corrected chi connectivity index (χ0v) is 22.9. The minimum atomic E-state index is -1.27. The Labute approximate surface area is 233 Å². The van der Waals surface area contributed by atoms with E-state index in [9.17, 15) is 29.4 Å². The van der Waals surface area contributed by atoms with E-state index in [-0.39, 0.29) is 19.3 Å². The number of benzene rings is 1. The molecule has 0 aliphatic heterocycles. The Morgan fingerprint density at radius 1 is 0.850 bits per heavy atom. The smallest absolute Gasteiger partial charge is 0.326 e. The van der Waals surface area contributed by atoms with Gasteiger partial charge in [-0.25, -0.2) is 4.79 Å². The number of amides is 3. The molecule has 5 atom stereocenters. The van der Waals surface area contributed by atoms with Gasteiger partial charge in [-0.3, -0.25) is 14.4 Å². The topological polar surface area (TPSA) is 239 Å². The van der Waals surface area contributed by atoms with Crippen LogP contribution in [0.25, 0.3) is 10.9 Å². The summed E-state index contributed by atoms with van der Waals surface area (Å²) in [6.07, 6.45) is 3.28. The lowest BCUT2D eigenvalue weighted by atomic mass is 10.0. The van der Waals surface area contributed by atoms with Crippen LogP contribution in [0.1, 0.15) is 51.0 Å². The van der Waals surface area contributed by atoms with E-state index in [4.69, 9.17) is 17.2 Å². The first-order chi connectivity index (χ1) is 19.1. The van der Waals surface area contributed by atoms with Crippen LogP contribution in [-0.4, -0.2) is 82.2 Å². The molecule has 1 aromatic heterocycles. The number of aromatic nitrogens is 1. The van der Waals surface area contributed by atoms with Crippen molar-refractivity contribution in [3.05, 3.63) is 36.0 Å². The molecule has 2 rings (SSSR count). The maximum absolute atomic E-state index is 13.5. The van der Waals surface area contributed by atoms with E-state index in [0.29, 0.717) is 38.8 Å². The number of nitrogens with one attached hydrogen (secondary N) is 4. The molecule has 0 saturated carbocycles. The number of unbranched alkanes of at least 4 members (excludes halogenated alkanes) is 2. The molecule has 222 valence electrons. The minimum Gasteiger partial charge on any atom is -0.480 e. The summed E-state index contributed by atoms with van der Waals surface area (Å²) < 4.78 is 0. The number of hydrogen-bond acceptors (Lipinski definition) is 8. The van der Waals surface area contributed by atoms with Gasteiger partial charge in [-0.15, -0.1) is 0 Å². The highest BCUT2D eigenvalue weighted by Gasteiger charge is 2.31. The fourth-order valence-corrected chi connectivity index (χ4v) is 4.27. The van der Waals surface area contributed by atoms with Gasteiger partial charge in [-0.1, -0.05) is 18.2 Å². The van der Waals surface area contributed by atoms with E-state index in [1.165, 1.54) is 6.92 Å². The number of carbonyl (C=O) groups excluding carboxylic acids is 3. The summed E-state index contributed by atoms with van der Waals surface area (Å²) in [6, 6.07) is 2.84. The molecule has 0 aliphatic carbocycles. The van der Waals surface area contributed by atoms with Crippen LogP contribution in [0.5, 0.6) is 0 Å². The Bertz CT molecular complexity index is 1120. The Hall–Kier alpha value is -3.52. The quantitative estimate of drug-likeness (QED) is 0.104. The highest BCUT2D eigenvalue weighted by Crippen LogP contribution is 2.19. The number of carbonyl (C=O) groups is 4. The van der Waals surface area contributed by atoms with Gasteiger partial charge in [0.1, 0.15) is 24.2 Å². The lowest BCUT2D eigenvalue weighted by Crippen LogP contribution is -2.58. The van der Waals surface area contributed by atoms with Gasteiger partial charge in [0.25, 0.3) is 0 Å². The summed E-state index contributed by atoms with van der Waals surface area (Å²) >= 11 is 0. The van der Waals surface area contributed by atoms with E-state index in [1.54, 1.807) is 6.20 Å². The lowest BCUT2D eigenvalue weighted by Gasteiger charge is -2.25. The molecule has 13 nitrogen and oxygen atoms in total. The summed E-state index contributed by atoms with van der Waals surface area (Å²) in [6.45, 7) is 2.15. The fourth-order valence-electron chi connectivity index (χ4n) is 4.27. The predicted molar refractivity (Wildman–Crippen MR) is 151 cm³/mol. The number of rotatable bonds is 18. The van der Waals surface area contributed by atoms with E-state index >= 15 is 0 Å². The zero-order valence-electron chi connectivity index (χ0n) is 22.9.